The molecule has 20 heavy (non-hydrogen) atoms. The van der Waals surface area contributed by atoms with Crippen LogP contribution in [0.1, 0.15) is 29.6 Å². The monoisotopic (exact) mass is 314 g/mol. The minimum absolute atomic E-state index is 0. The molecule has 1 fully saturated rings. The zero-order valence-electron chi connectivity index (χ0n) is 11.9. The Balaban J connectivity index is 0.00000200. The molecular formula is C15H23ClN2OS. The van der Waals surface area contributed by atoms with Crippen molar-refractivity contribution in [3.8, 4) is 0 Å². The summed E-state index contributed by atoms with van der Waals surface area (Å²) in [6, 6.07) is 7.87. The molecule has 0 spiro atoms. The third kappa shape index (κ3) is 4.14. The third-order valence-electron chi connectivity index (χ3n) is 3.72. The van der Waals surface area contributed by atoms with Crippen LogP contribution in [0.4, 0.5) is 0 Å². The molecule has 1 saturated heterocycles. The summed E-state index contributed by atoms with van der Waals surface area (Å²) in [6.45, 7) is 2.45. The Morgan fingerprint density at radius 3 is 2.90 bits per heavy atom. The number of piperidine rings is 1. The highest BCUT2D eigenvalue weighted by Crippen LogP contribution is 2.25. The molecule has 1 unspecified atom stereocenters. The summed E-state index contributed by atoms with van der Waals surface area (Å²) in [5.74, 6) is 0.746. The van der Waals surface area contributed by atoms with Gasteiger partial charge >= 0.3 is 0 Å². The molecule has 5 heteroatoms. The van der Waals surface area contributed by atoms with Gasteiger partial charge in [-0.15, -0.1) is 24.2 Å². The van der Waals surface area contributed by atoms with Gasteiger partial charge in [-0.1, -0.05) is 12.1 Å². The van der Waals surface area contributed by atoms with E-state index in [4.69, 9.17) is 5.73 Å². The van der Waals surface area contributed by atoms with Crippen LogP contribution >= 0.6 is 24.2 Å². The van der Waals surface area contributed by atoms with E-state index in [1.807, 2.05) is 35.4 Å². The number of halogens is 1. The number of nitrogens with zero attached hydrogens (tertiary/aromatic N) is 1. The van der Waals surface area contributed by atoms with E-state index in [0.29, 0.717) is 12.5 Å². The average molecular weight is 315 g/mol. The van der Waals surface area contributed by atoms with Crippen LogP contribution in [0.15, 0.2) is 29.2 Å². The Morgan fingerprint density at radius 1 is 1.45 bits per heavy atom. The lowest BCUT2D eigenvalue weighted by Crippen LogP contribution is -2.40. The SMILES string of the molecule is CSc1ccccc1C(=O)N1CCCC(CCN)C1.Cl. The molecule has 2 N–H and O–H groups in total. The van der Waals surface area contributed by atoms with Crippen molar-refractivity contribution in [3.05, 3.63) is 29.8 Å². The summed E-state index contributed by atoms with van der Waals surface area (Å²) < 4.78 is 0. The van der Waals surface area contributed by atoms with Gasteiger partial charge in [0, 0.05) is 18.0 Å². The Morgan fingerprint density at radius 2 is 2.20 bits per heavy atom. The molecule has 3 nitrogen and oxygen atoms in total. The highest BCUT2D eigenvalue weighted by atomic mass is 35.5. The van der Waals surface area contributed by atoms with E-state index in [0.717, 1.165) is 36.4 Å². The van der Waals surface area contributed by atoms with Crippen molar-refractivity contribution in [3.63, 3.8) is 0 Å². The van der Waals surface area contributed by atoms with Crippen LogP contribution in [-0.4, -0.2) is 36.7 Å². The number of carbonyl (C=O) groups excluding carboxylic acids is 1. The van der Waals surface area contributed by atoms with Crippen molar-refractivity contribution in [2.24, 2.45) is 11.7 Å². The van der Waals surface area contributed by atoms with Crippen molar-refractivity contribution in [2.75, 3.05) is 25.9 Å². The normalized spacial score (nSPS) is 18.5. The van der Waals surface area contributed by atoms with Crippen LogP contribution in [0.25, 0.3) is 0 Å². The molecule has 112 valence electrons. The largest absolute Gasteiger partial charge is 0.338 e. The van der Waals surface area contributed by atoms with E-state index in [-0.39, 0.29) is 18.3 Å². The fourth-order valence-corrected chi connectivity index (χ4v) is 3.30. The van der Waals surface area contributed by atoms with Crippen molar-refractivity contribution in [1.82, 2.24) is 4.90 Å². The van der Waals surface area contributed by atoms with Crippen molar-refractivity contribution >= 4 is 30.1 Å². The molecule has 0 saturated carbocycles. The van der Waals surface area contributed by atoms with Crippen molar-refractivity contribution < 1.29 is 4.79 Å². The second kappa shape index (κ2) is 8.55. The highest BCUT2D eigenvalue weighted by molar-refractivity contribution is 7.98. The lowest BCUT2D eigenvalue weighted by atomic mass is 9.94. The molecular weight excluding hydrogens is 292 g/mol. The van der Waals surface area contributed by atoms with Gasteiger partial charge in [0.2, 0.25) is 0 Å². The summed E-state index contributed by atoms with van der Waals surface area (Å²) in [5, 5.41) is 0. The number of likely N-dealkylation sites (tertiary alicyclic amines) is 1. The second-order valence-electron chi connectivity index (χ2n) is 5.04. The number of amides is 1. The van der Waals surface area contributed by atoms with Crippen LogP contribution < -0.4 is 5.73 Å². The van der Waals surface area contributed by atoms with Gasteiger partial charge in [-0.05, 0) is 50.1 Å². The van der Waals surface area contributed by atoms with Crippen LogP contribution in [0.2, 0.25) is 0 Å². The number of rotatable bonds is 4. The summed E-state index contributed by atoms with van der Waals surface area (Å²) in [5.41, 5.74) is 6.47. The molecule has 1 aromatic carbocycles. The average Bonchev–Trinajstić information content (AvgIpc) is 2.47. The van der Waals surface area contributed by atoms with Gasteiger partial charge in [-0.25, -0.2) is 0 Å². The first kappa shape index (κ1) is 17.3. The van der Waals surface area contributed by atoms with Gasteiger partial charge in [0.15, 0.2) is 0 Å². The minimum atomic E-state index is 0. The van der Waals surface area contributed by atoms with Gasteiger partial charge in [0.05, 0.1) is 5.56 Å². The molecule has 1 aliphatic heterocycles. The van der Waals surface area contributed by atoms with Gasteiger partial charge in [-0.2, -0.15) is 0 Å². The molecule has 1 amide bonds. The van der Waals surface area contributed by atoms with Gasteiger partial charge in [-0.3, -0.25) is 4.79 Å². The Labute approximate surface area is 131 Å². The number of benzene rings is 1. The Kier molecular flexibility index (Phi) is 7.41. The van der Waals surface area contributed by atoms with E-state index >= 15 is 0 Å². The lowest BCUT2D eigenvalue weighted by Gasteiger charge is -2.33. The van der Waals surface area contributed by atoms with E-state index < -0.39 is 0 Å². The minimum Gasteiger partial charge on any atom is -0.338 e. The number of hydrogen-bond donors (Lipinski definition) is 1. The summed E-state index contributed by atoms with van der Waals surface area (Å²) in [6.07, 6.45) is 5.33. The Hall–Kier alpha value is -0.710. The van der Waals surface area contributed by atoms with Crippen molar-refractivity contribution in [1.29, 1.82) is 0 Å². The first-order valence-electron chi connectivity index (χ1n) is 6.88. The van der Waals surface area contributed by atoms with E-state index in [1.165, 1.54) is 6.42 Å². The van der Waals surface area contributed by atoms with E-state index in [1.54, 1.807) is 11.8 Å². The number of carbonyl (C=O) groups is 1. The first-order chi connectivity index (χ1) is 9.26. The number of thioether (sulfide) groups is 1. The summed E-state index contributed by atoms with van der Waals surface area (Å²) >= 11 is 1.63. The molecule has 0 aliphatic carbocycles. The maximum atomic E-state index is 12.6. The zero-order valence-corrected chi connectivity index (χ0v) is 13.5. The molecule has 1 aliphatic rings. The molecule has 0 aromatic heterocycles. The topological polar surface area (TPSA) is 46.3 Å². The molecule has 1 aromatic rings. The smallest absolute Gasteiger partial charge is 0.254 e. The molecule has 0 bridgehead atoms. The van der Waals surface area contributed by atoms with Gasteiger partial charge in [0.1, 0.15) is 0 Å². The van der Waals surface area contributed by atoms with Crippen LogP contribution in [0.3, 0.4) is 0 Å². The first-order valence-corrected chi connectivity index (χ1v) is 8.11. The van der Waals surface area contributed by atoms with Crippen LogP contribution in [0, 0.1) is 5.92 Å². The second-order valence-corrected chi connectivity index (χ2v) is 5.89. The van der Waals surface area contributed by atoms with Crippen LogP contribution in [-0.2, 0) is 0 Å². The maximum Gasteiger partial charge on any atom is 0.254 e. The number of hydrogen-bond acceptors (Lipinski definition) is 3. The fourth-order valence-electron chi connectivity index (χ4n) is 2.71. The fraction of sp³-hybridized carbons (Fsp3) is 0.533. The standard InChI is InChI=1S/C15H22N2OS.ClH/c1-19-14-7-3-2-6-13(14)15(18)17-10-4-5-12(11-17)8-9-16;/h2-3,6-7,12H,4-5,8-11,16H2,1H3;1H. The lowest BCUT2D eigenvalue weighted by molar-refractivity contribution is 0.0666. The quantitative estimate of drug-likeness (QED) is 0.869. The maximum absolute atomic E-state index is 12.6. The zero-order chi connectivity index (χ0) is 13.7. The van der Waals surface area contributed by atoms with E-state index in [9.17, 15) is 4.79 Å². The number of nitrogens with two attached hydrogens (primary N) is 1. The predicted octanol–water partition coefficient (Wildman–Crippen LogP) is 3.03. The Bertz CT molecular complexity index is 440. The summed E-state index contributed by atoms with van der Waals surface area (Å²) in [4.78, 5) is 15.7. The van der Waals surface area contributed by atoms with Crippen molar-refractivity contribution in [2.45, 2.75) is 24.2 Å². The predicted molar refractivity (Wildman–Crippen MR) is 87.8 cm³/mol. The van der Waals surface area contributed by atoms with Crippen LogP contribution in [0.5, 0.6) is 0 Å². The molecule has 0 radical (unpaired) electrons. The highest BCUT2D eigenvalue weighted by Gasteiger charge is 2.25. The molecule has 1 atom stereocenters. The third-order valence-corrected chi connectivity index (χ3v) is 4.51. The molecule has 2 rings (SSSR count). The van der Waals surface area contributed by atoms with Gasteiger partial charge in [0.25, 0.3) is 5.91 Å². The van der Waals surface area contributed by atoms with E-state index in [2.05, 4.69) is 0 Å². The summed E-state index contributed by atoms with van der Waals surface area (Å²) in [7, 11) is 0. The van der Waals surface area contributed by atoms with Gasteiger partial charge < -0.3 is 10.6 Å². The molecule has 1 heterocycles.